The number of aryl methyl sites for hydroxylation is 1. The van der Waals surface area contributed by atoms with Crippen LogP contribution in [0.5, 0.6) is 0 Å². The third-order valence-corrected chi connectivity index (χ3v) is 3.62. The number of anilines is 1. The Balaban J connectivity index is 2.35. The molecule has 0 saturated carbocycles. The molecular weight excluding hydrogens is 350 g/mol. The second-order valence-electron chi connectivity index (χ2n) is 4.02. The van der Waals surface area contributed by atoms with E-state index in [1.807, 2.05) is 11.9 Å². The molecular formula is C12H9BrClN3O3. The highest BCUT2D eigenvalue weighted by atomic mass is 79.9. The van der Waals surface area contributed by atoms with E-state index in [1.54, 1.807) is 12.1 Å². The zero-order valence-corrected chi connectivity index (χ0v) is 12.6. The molecule has 2 aromatic rings. The molecule has 6 nitrogen and oxygen atoms in total. The lowest BCUT2D eigenvalue weighted by Gasteiger charge is -2.09. The maximum absolute atomic E-state index is 12.0. The van der Waals surface area contributed by atoms with Crippen molar-refractivity contribution in [3.05, 3.63) is 59.8 Å². The highest BCUT2D eigenvalue weighted by molar-refractivity contribution is 9.10. The molecule has 0 radical (unpaired) electrons. The van der Waals surface area contributed by atoms with Gasteiger partial charge >= 0.3 is 5.69 Å². The van der Waals surface area contributed by atoms with E-state index in [1.165, 1.54) is 0 Å². The maximum atomic E-state index is 12.0. The molecule has 0 fully saturated rings. The lowest BCUT2D eigenvalue weighted by atomic mass is 10.2. The molecule has 0 saturated heterocycles. The van der Waals surface area contributed by atoms with Crippen LogP contribution in [0, 0.1) is 6.92 Å². The van der Waals surface area contributed by atoms with Crippen molar-refractivity contribution in [1.82, 2.24) is 9.97 Å². The summed E-state index contributed by atoms with van der Waals surface area (Å²) >= 11 is 9.28. The molecule has 104 valence electrons. The fourth-order valence-electron chi connectivity index (χ4n) is 1.51. The van der Waals surface area contributed by atoms with Crippen molar-refractivity contribution in [2.45, 2.75) is 6.92 Å². The molecule has 8 heteroatoms. The lowest BCUT2D eigenvalue weighted by Crippen LogP contribution is -2.29. The Morgan fingerprint density at radius 2 is 2.05 bits per heavy atom. The third-order valence-electron chi connectivity index (χ3n) is 2.56. The van der Waals surface area contributed by atoms with Crippen LogP contribution in [-0.2, 0) is 0 Å². The van der Waals surface area contributed by atoms with Gasteiger partial charge in [0, 0.05) is 15.7 Å². The van der Waals surface area contributed by atoms with E-state index in [-0.39, 0.29) is 5.56 Å². The van der Waals surface area contributed by atoms with Gasteiger partial charge in [0.2, 0.25) is 0 Å². The number of halogens is 2. The van der Waals surface area contributed by atoms with E-state index < -0.39 is 17.2 Å². The van der Waals surface area contributed by atoms with E-state index in [0.29, 0.717) is 15.2 Å². The van der Waals surface area contributed by atoms with Gasteiger partial charge in [0.1, 0.15) is 5.56 Å². The van der Waals surface area contributed by atoms with Gasteiger partial charge in [0.25, 0.3) is 11.5 Å². The van der Waals surface area contributed by atoms with E-state index in [9.17, 15) is 14.4 Å². The van der Waals surface area contributed by atoms with Crippen LogP contribution in [0.3, 0.4) is 0 Å². The molecule has 1 amide bonds. The van der Waals surface area contributed by atoms with Crippen molar-refractivity contribution in [1.29, 1.82) is 0 Å². The molecule has 1 heterocycles. The van der Waals surface area contributed by atoms with Gasteiger partial charge in [-0.3, -0.25) is 14.6 Å². The summed E-state index contributed by atoms with van der Waals surface area (Å²) in [6.45, 7) is 1.82. The monoisotopic (exact) mass is 357 g/mol. The summed E-state index contributed by atoms with van der Waals surface area (Å²) in [7, 11) is 0. The molecule has 0 atom stereocenters. The van der Waals surface area contributed by atoms with Crippen molar-refractivity contribution >= 4 is 39.1 Å². The zero-order valence-electron chi connectivity index (χ0n) is 10.2. The first kappa shape index (κ1) is 14.5. The molecule has 0 spiro atoms. The number of H-pyrrole nitrogens is 2. The minimum atomic E-state index is -0.763. The Bertz CT molecular complexity index is 797. The van der Waals surface area contributed by atoms with Gasteiger partial charge < -0.3 is 10.3 Å². The van der Waals surface area contributed by atoms with Crippen molar-refractivity contribution in [2.24, 2.45) is 0 Å². The number of aromatic nitrogens is 2. The van der Waals surface area contributed by atoms with Crippen molar-refractivity contribution in [3.63, 3.8) is 0 Å². The number of carbonyl (C=O) groups is 1. The van der Waals surface area contributed by atoms with Gasteiger partial charge in [0.15, 0.2) is 0 Å². The summed E-state index contributed by atoms with van der Waals surface area (Å²) in [5.41, 5.74) is -0.366. The molecule has 3 N–H and O–H groups in total. The molecule has 0 unspecified atom stereocenters. The smallest absolute Gasteiger partial charge is 0.321 e. The van der Waals surface area contributed by atoms with Gasteiger partial charge in [-0.2, -0.15) is 0 Å². The van der Waals surface area contributed by atoms with E-state index in [4.69, 9.17) is 11.6 Å². The zero-order chi connectivity index (χ0) is 14.9. The van der Waals surface area contributed by atoms with Crippen LogP contribution in [0.2, 0.25) is 5.02 Å². The summed E-state index contributed by atoms with van der Waals surface area (Å²) in [5.74, 6) is -0.650. The Kier molecular flexibility index (Phi) is 4.10. The van der Waals surface area contributed by atoms with E-state index in [0.717, 1.165) is 11.8 Å². The number of benzene rings is 1. The predicted molar refractivity (Wildman–Crippen MR) is 79.5 cm³/mol. The Morgan fingerprint density at radius 3 is 2.70 bits per heavy atom. The average molecular weight is 359 g/mol. The summed E-state index contributed by atoms with van der Waals surface area (Å²) in [6, 6.07) is 3.31. The van der Waals surface area contributed by atoms with E-state index >= 15 is 0 Å². The number of hydrogen-bond donors (Lipinski definition) is 3. The molecule has 0 bridgehead atoms. The van der Waals surface area contributed by atoms with E-state index in [2.05, 4.69) is 26.2 Å². The van der Waals surface area contributed by atoms with Gasteiger partial charge in [-0.05, 0) is 40.5 Å². The number of rotatable bonds is 2. The number of carbonyl (C=O) groups excluding carboxylic acids is 1. The third kappa shape index (κ3) is 3.00. The van der Waals surface area contributed by atoms with Crippen LogP contribution in [0.4, 0.5) is 5.69 Å². The molecule has 1 aromatic heterocycles. The minimum Gasteiger partial charge on any atom is -0.321 e. The highest BCUT2D eigenvalue weighted by Gasteiger charge is 2.13. The molecule has 0 aliphatic rings. The fraction of sp³-hybridized carbons (Fsp3) is 0.0833. The highest BCUT2D eigenvalue weighted by Crippen LogP contribution is 2.29. The Morgan fingerprint density at radius 1 is 1.35 bits per heavy atom. The summed E-state index contributed by atoms with van der Waals surface area (Å²) < 4.78 is 0.633. The standard InChI is InChI=1S/C12H9BrClN3O3/c1-5-2-7(13)9(3-8(5)14)16-10(18)6-4-15-12(20)17-11(6)19/h2-4H,1H3,(H,16,18)(H2,15,17,19,20). The summed E-state index contributed by atoms with van der Waals surface area (Å²) in [4.78, 5) is 38.6. The van der Waals surface area contributed by atoms with Crippen LogP contribution in [0.25, 0.3) is 0 Å². The molecule has 0 aliphatic heterocycles. The largest absolute Gasteiger partial charge is 0.325 e. The fourth-order valence-corrected chi connectivity index (χ4v) is 2.23. The predicted octanol–water partition coefficient (Wildman–Crippen LogP) is 2.04. The first-order valence-corrected chi connectivity index (χ1v) is 6.64. The van der Waals surface area contributed by atoms with Gasteiger partial charge in [-0.25, -0.2) is 4.79 Å². The average Bonchev–Trinajstić information content (AvgIpc) is 2.35. The van der Waals surface area contributed by atoms with Crippen LogP contribution < -0.4 is 16.6 Å². The van der Waals surface area contributed by atoms with Gasteiger partial charge in [0.05, 0.1) is 5.69 Å². The van der Waals surface area contributed by atoms with Gasteiger partial charge in [-0.15, -0.1) is 0 Å². The molecule has 0 aliphatic carbocycles. The normalized spacial score (nSPS) is 10.3. The number of nitrogens with one attached hydrogen (secondary N) is 3. The Labute approximate surface area is 126 Å². The molecule has 20 heavy (non-hydrogen) atoms. The maximum Gasteiger partial charge on any atom is 0.325 e. The lowest BCUT2D eigenvalue weighted by molar-refractivity contribution is 0.102. The Hall–Kier alpha value is -1.86. The SMILES string of the molecule is Cc1cc(Br)c(NC(=O)c2c[nH]c(=O)[nH]c2=O)cc1Cl. The van der Waals surface area contributed by atoms with Gasteiger partial charge in [-0.1, -0.05) is 11.6 Å². The summed E-state index contributed by atoms with van der Waals surface area (Å²) in [5, 5.41) is 3.03. The molecule has 2 rings (SSSR count). The van der Waals surface area contributed by atoms with Crippen LogP contribution in [-0.4, -0.2) is 15.9 Å². The van der Waals surface area contributed by atoms with Crippen molar-refractivity contribution in [2.75, 3.05) is 5.32 Å². The second-order valence-corrected chi connectivity index (χ2v) is 5.28. The number of amides is 1. The topological polar surface area (TPSA) is 94.8 Å². The van der Waals surface area contributed by atoms with Crippen LogP contribution in [0.15, 0.2) is 32.4 Å². The number of hydrogen-bond acceptors (Lipinski definition) is 3. The quantitative estimate of drug-likeness (QED) is 0.766. The second kappa shape index (κ2) is 5.64. The summed E-state index contributed by atoms with van der Waals surface area (Å²) in [6.07, 6.45) is 1.06. The first-order chi connectivity index (χ1) is 9.38. The van der Waals surface area contributed by atoms with Crippen molar-refractivity contribution < 1.29 is 4.79 Å². The minimum absolute atomic E-state index is 0.201. The van der Waals surface area contributed by atoms with Crippen LogP contribution >= 0.6 is 27.5 Å². The molecule has 1 aromatic carbocycles. The van der Waals surface area contributed by atoms with Crippen LogP contribution in [0.1, 0.15) is 15.9 Å². The first-order valence-electron chi connectivity index (χ1n) is 5.47. The number of aromatic amines is 2. The van der Waals surface area contributed by atoms with Crippen molar-refractivity contribution in [3.8, 4) is 0 Å².